The standard InChI is InChI=1S/C24H23N3O/c28-23-24(18-8-2-1-3-9-18,21-11-4-5-12-22(21)26-23)19-13-15-27(16-19)17-20-10-6-7-14-25-20/h1-12,14,19H,13,15-17H2,(H,26,28)/t19-,24?/m1/s1. The summed E-state index contributed by atoms with van der Waals surface area (Å²) < 4.78 is 0. The first kappa shape index (κ1) is 17.1. The normalized spacial score (nSPS) is 24.1. The molecule has 0 spiro atoms. The largest absolute Gasteiger partial charge is 0.325 e. The summed E-state index contributed by atoms with van der Waals surface area (Å²) in [5, 5.41) is 3.16. The van der Waals surface area contributed by atoms with E-state index in [-0.39, 0.29) is 11.8 Å². The monoisotopic (exact) mass is 369 g/mol. The van der Waals surface area contributed by atoms with Gasteiger partial charge in [-0.2, -0.15) is 0 Å². The van der Waals surface area contributed by atoms with Crippen LogP contribution < -0.4 is 5.32 Å². The Labute approximate surface area is 165 Å². The molecule has 0 radical (unpaired) electrons. The van der Waals surface area contributed by atoms with E-state index in [2.05, 4.69) is 39.5 Å². The average Bonchev–Trinajstić information content (AvgIpc) is 3.31. The molecular formula is C24H23N3O. The molecule has 140 valence electrons. The number of benzene rings is 2. The van der Waals surface area contributed by atoms with Crippen molar-refractivity contribution in [1.29, 1.82) is 0 Å². The summed E-state index contributed by atoms with van der Waals surface area (Å²) in [7, 11) is 0. The Morgan fingerprint density at radius 3 is 2.61 bits per heavy atom. The van der Waals surface area contributed by atoms with Crippen LogP contribution in [0.2, 0.25) is 0 Å². The third-order valence-electron chi connectivity index (χ3n) is 6.18. The fraction of sp³-hybridized carbons (Fsp3) is 0.250. The fourth-order valence-corrected chi connectivity index (χ4v) is 4.96. The number of anilines is 1. The van der Waals surface area contributed by atoms with E-state index in [0.717, 1.165) is 48.6 Å². The second-order valence-corrected chi connectivity index (χ2v) is 7.72. The molecule has 2 atom stereocenters. The van der Waals surface area contributed by atoms with Crippen LogP contribution >= 0.6 is 0 Å². The number of hydrogen-bond donors (Lipinski definition) is 1. The van der Waals surface area contributed by atoms with Gasteiger partial charge in [-0.05, 0) is 48.2 Å². The Morgan fingerprint density at radius 2 is 1.79 bits per heavy atom. The van der Waals surface area contributed by atoms with Crippen molar-refractivity contribution in [2.24, 2.45) is 5.92 Å². The smallest absolute Gasteiger partial charge is 0.239 e. The number of pyridine rings is 1. The summed E-state index contributed by atoms with van der Waals surface area (Å²) in [6.45, 7) is 2.68. The Morgan fingerprint density at radius 1 is 1.00 bits per heavy atom. The first-order valence-corrected chi connectivity index (χ1v) is 9.87. The predicted octanol–water partition coefficient (Wildman–Crippen LogP) is 3.84. The lowest BCUT2D eigenvalue weighted by Gasteiger charge is -2.34. The zero-order valence-corrected chi connectivity index (χ0v) is 15.7. The third-order valence-corrected chi connectivity index (χ3v) is 6.18. The van der Waals surface area contributed by atoms with Crippen LogP contribution in [0, 0.1) is 5.92 Å². The molecule has 1 aromatic heterocycles. The summed E-state index contributed by atoms with van der Waals surface area (Å²) in [6.07, 6.45) is 2.83. The molecule has 1 fully saturated rings. The highest BCUT2D eigenvalue weighted by Gasteiger charge is 2.54. The number of carbonyl (C=O) groups excluding carboxylic acids is 1. The third kappa shape index (κ3) is 2.64. The van der Waals surface area contributed by atoms with E-state index in [1.165, 1.54) is 0 Å². The molecule has 2 aliphatic rings. The molecule has 0 saturated carbocycles. The summed E-state index contributed by atoms with van der Waals surface area (Å²) >= 11 is 0. The number of likely N-dealkylation sites (tertiary alicyclic amines) is 1. The molecule has 28 heavy (non-hydrogen) atoms. The second-order valence-electron chi connectivity index (χ2n) is 7.72. The minimum atomic E-state index is -0.628. The van der Waals surface area contributed by atoms with Gasteiger partial charge in [-0.15, -0.1) is 0 Å². The molecule has 2 aliphatic heterocycles. The lowest BCUT2D eigenvalue weighted by atomic mass is 9.66. The molecule has 3 heterocycles. The maximum Gasteiger partial charge on any atom is 0.239 e. The molecule has 0 bridgehead atoms. The highest BCUT2D eigenvalue weighted by atomic mass is 16.2. The summed E-state index contributed by atoms with van der Waals surface area (Å²) in [5.41, 5.74) is 3.59. The predicted molar refractivity (Wildman–Crippen MR) is 110 cm³/mol. The lowest BCUT2D eigenvalue weighted by Crippen LogP contribution is -2.44. The number of amides is 1. The molecule has 1 N–H and O–H groups in total. The van der Waals surface area contributed by atoms with Gasteiger partial charge in [0, 0.05) is 25.0 Å². The Balaban J connectivity index is 1.53. The lowest BCUT2D eigenvalue weighted by molar-refractivity contribution is -0.121. The zero-order chi connectivity index (χ0) is 19.0. The summed E-state index contributed by atoms with van der Waals surface area (Å²) in [5.74, 6) is 0.326. The molecule has 3 aromatic rings. The van der Waals surface area contributed by atoms with Crippen molar-refractivity contribution in [2.45, 2.75) is 18.4 Å². The number of para-hydroxylation sites is 1. The highest BCUT2D eigenvalue weighted by molar-refractivity contribution is 6.09. The van der Waals surface area contributed by atoms with Crippen LogP contribution in [-0.4, -0.2) is 28.9 Å². The van der Waals surface area contributed by atoms with Gasteiger partial charge in [-0.1, -0.05) is 54.6 Å². The van der Waals surface area contributed by atoms with Gasteiger partial charge in [0.1, 0.15) is 5.41 Å². The van der Waals surface area contributed by atoms with Gasteiger partial charge >= 0.3 is 0 Å². The van der Waals surface area contributed by atoms with Gasteiger partial charge in [0.05, 0.1) is 5.69 Å². The van der Waals surface area contributed by atoms with E-state index in [9.17, 15) is 4.79 Å². The van der Waals surface area contributed by atoms with Crippen LogP contribution in [0.3, 0.4) is 0 Å². The first-order valence-electron chi connectivity index (χ1n) is 9.87. The molecule has 5 rings (SSSR count). The van der Waals surface area contributed by atoms with Gasteiger partial charge in [0.25, 0.3) is 0 Å². The van der Waals surface area contributed by atoms with Crippen molar-refractivity contribution in [3.05, 3.63) is 95.8 Å². The van der Waals surface area contributed by atoms with Crippen molar-refractivity contribution < 1.29 is 4.79 Å². The van der Waals surface area contributed by atoms with Crippen LogP contribution in [0.5, 0.6) is 0 Å². The topological polar surface area (TPSA) is 45.2 Å². The van der Waals surface area contributed by atoms with Crippen LogP contribution in [0.25, 0.3) is 0 Å². The van der Waals surface area contributed by atoms with Gasteiger partial charge in [0.15, 0.2) is 0 Å². The number of carbonyl (C=O) groups is 1. The van der Waals surface area contributed by atoms with E-state index < -0.39 is 5.41 Å². The first-order chi connectivity index (χ1) is 13.8. The van der Waals surface area contributed by atoms with Crippen LogP contribution in [0.1, 0.15) is 23.2 Å². The SMILES string of the molecule is O=C1Nc2ccccc2C1(c1ccccc1)[C@@H]1CCN(Cc2ccccn2)C1. The van der Waals surface area contributed by atoms with E-state index in [4.69, 9.17) is 0 Å². The van der Waals surface area contributed by atoms with E-state index in [1.807, 2.05) is 54.7 Å². The van der Waals surface area contributed by atoms with E-state index in [1.54, 1.807) is 0 Å². The molecule has 4 nitrogen and oxygen atoms in total. The molecule has 4 heteroatoms. The summed E-state index contributed by atoms with van der Waals surface area (Å²) in [6, 6.07) is 24.5. The van der Waals surface area contributed by atoms with Crippen molar-refractivity contribution >= 4 is 11.6 Å². The molecule has 2 aromatic carbocycles. The molecule has 0 aliphatic carbocycles. The van der Waals surface area contributed by atoms with Crippen LogP contribution in [0.4, 0.5) is 5.69 Å². The van der Waals surface area contributed by atoms with Gasteiger partial charge in [-0.3, -0.25) is 14.7 Å². The minimum Gasteiger partial charge on any atom is -0.325 e. The molecule has 1 amide bonds. The summed E-state index contributed by atoms with van der Waals surface area (Å²) in [4.78, 5) is 20.4. The van der Waals surface area contributed by atoms with Crippen molar-refractivity contribution in [3.63, 3.8) is 0 Å². The van der Waals surface area contributed by atoms with Crippen LogP contribution in [0.15, 0.2) is 79.0 Å². The number of nitrogens with one attached hydrogen (secondary N) is 1. The maximum atomic E-state index is 13.5. The van der Waals surface area contributed by atoms with Gasteiger partial charge < -0.3 is 5.32 Å². The number of nitrogens with zero attached hydrogens (tertiary/aromatic N) is 2. The number of hydrogen-bond acceptors (Lipinski definition) is 3. The van der Waals surface area contributed by atoms with Crippen molar-refractivity contribution in [2.75, 3.05) is 18.4 Å². The fourth-order valence-electron chi connectivity index (χ4n) is 4.96. The average molecular weight is 369 g/mol. The number of fused-ring (bicyclic) bond motifs is 1. The minimum absolute atomic E-state index is 0.101. The second kappa shape index (κ2) is 6.88. The van der Waals surface area contributed by atoms with Crippen LogP contribution in [-0.2, 0) is 16.8 Å². The van der Waals surface area contributed by atoms with Crippen molar-refractivity contribution in [3.8, 4) is 0 Å². The zero-order valence-electron chi connectivity index (χ0n) is 15.7. The Kier molecular flexibility index (Phi) is 4.21. The van der Waals surface area contributed by atoms with E-state index >= 15 is 0 Å². The van der Waals surface area contributed by atoms with Gasteiger partial charge in [0.2, 0.25) is 5.91 Å². The maximum absolute atomic E-state index is 13.5. The van der Waals surface area contributed by atoms with Gasteiger partial charge in [-0.25, -0.2) is 0 Å². The van der Waals surface area contributed by atoms with E-state index in [0.29, 0.717) is 0 Å². The Bertz CT molecular complexity index is 989. The molecule has 1 unspecified atom stereocenters. The number of rotatable bonds is 4. The Hall–Kier alpha value is -2.98. The molecular weight excluding hydrogens is 346 g/mol. The number of aromatic nitrogens is 1. The molecule has 1 saturated heterocycles. The quantitative estimate of drug-likeness (QED) is 0.760. The van der Waals surface area contributed by atoms with Crippen molar-refractivity contribution in [1.82, 2.24) is 9.88 Å². The highest BCUT2D eigenvalue weighted by Crippen LogP contribution is 2.50.